The lowest BCUT2D eigenvalue weighted by Gasteiger charge is -2.07. The van der Waals surface area contributed by atoms with Gasteiger partial charge in [0.05, 0.1) is 11.3 Å². The van der Waals surface area contributed by atoms with Crippen LogP contribution in [0.1, 0.15) is 20.1 Å². The predicted octanol–water partition coefficient (Wildman–Crippen LogP) is 3.95. The van der Waals surface area contributed by atoms with Crippen LogP contribution in [-0.2, 0) is 9.53 Å². The van der Waals surface area contributed by atoms with Crippen molar-refractivity contribution in [2.45, 2.75) is 13.8 Å². The van der Waals surface area contributed by atoms with Crippen LogP contribution in [0.5, 0.6) is 0 Å². The average molecular weight is 342 g/mol. The molecule has 0 saturated carbocycles. The Morgan fingerprint density at radius 3 is 2.68 bits per heavy atom. The number of hydrogen-bond acceptors (Lipinski definition) is 4. The number of anilines is 1. The van der Waals surface area contributed by atoms with Crippen molar-refractivity contribution in [1.82, 2.24) is 0 Å². The Morgan fingerprint density at radius 1 is 1.32 bits per heavy atom. The molecule has 4 nitrogen and oxygen atoms in total. The standard InChI is InChI=1S/C15H13ClFNO3S/c1-8-5-11(9(2)22-8)15(20)21-7-14(19)18-13-6-10(16)3-4-12(13)17/h3-6H,7H2,1-2H3,(H,18,19). The van der Waals surface area contributed by atoms with Crippen LogP contribution < -0.4 is 5.32 Å². The number of carbonyl (C=O) groups is 2. The van der Waals surface area contributed by atoms with E-state index >= 15 is 0 Å². The van der Waals surface area contributed by atoms with Crippen molar-refractivity contribution in [3.8, 4) is 0 Å². The van der Waals surface area contributed by atoms with E-state index in [9.17, 15) is 14.0 Å². The van der Waals surface area contributed by atoms with Crippen LogP contribution in [0.2, 0.25) is 5.02 Å². The van der Waals surface area contributed by atoms with Crippen LogP contribution in [0.25, 0.3) is 0 Å². The number of aryl methyl sites for hydroxylation is 2. The number of thiophene rings is 1. The number of halogens is 2. The molecule has 1 amide bonds. The van der Waals surface area contributed by atoms with Crippen LogP contribution in [0.4, 0.5) is 10.1 Å². The summed E-state index contributed by atoms with van der Waals surface area (Å²) in [5.74, 6) is -1.84. The van der Waals surface area contributed by atoms with E-state index in [1.54, 1.807) is 13.0 Å². The minimum Gasteiger partial charge on any atom is -0.452 e. The highest BCUT2D eigenvalue weighted by molar-refractivity contribution is 7.12. The third-order valence-corrected chi connectivity index (χ3v) is 4.00. The van der Waals surface area contributed by atoms with Crippen LogP contribution >= 0.6 is 22.9 Å². The first-order valence-electron chi connectivity index (χ1n) is 6.36. The van der Waals surface area contributed by atoms with E-state index in [1.165, 1.54) is 23.5 Å². The van der Waals surface area contributed by atoms with E-state index in [4.69, 9.17) is 16.3 Å². The van der Waals surface area contributed by atoms with Gasteiger partial charge in [-0.15, -0.1) is 11.3 Å². The fraction of sp³-hybridized carbons (Fsp3) is 0.200. The molecule has 1 N–H and O–H groups in total. The lowest BCUT2D eigenvalue weighted by atomic mass is 10.2. The highest BCUT2D eigenvalue weighted by Gasteiger charge is 2.15. The molecule has 1 heterocycles. The monoisotopic (exact) mass is 341 g/mol. The molecule has 0 aliphatic carbocycles. The van der Waals surface area contributed by atoms with Gasteiger partial charge in [0.15, 0.2) is 6.61 Å². The second kappa shape index (κ2) is 6.89. The molecule has 2 rings (SSSR count). The molecule has 116 valence electrons. The number of rotatable bonds is 4. The van der Waals surface area contributed by atoms with Crippen LogP contribution in [-0.4, -0.2) is 18.5 Å². The number of benzene rings is 1. The average Bonchev–Trinajstić information content (AvgIpc) is 2.79. The van der Waals surface area contributed by atoms with Crippen molar-refractivity contribution in [2.75, 3.05) is 11.9 Å². The molecule has 7 heteroatoms. The number of amides is 1. The summed E-state index contributed by atoms with van der Waals surface area (Å²) in [7, 11) is 0. The second-order valence-electron chi connectivity index (χ2n) is 4.58. The van der Waals surface area contributed by atoms with E-state index in [-0.39, 0.29) is 10.7 Å². The van der Waals surface area contributed by atoms with E-state index < -0.39 is 24.3 Å². The topological polar surface area (TPSA) is 55.4 Å². The predicted molar refractivity (Wildman–Crippen MR) is 84.1 cm³/mol. The van der Waals surface area contributed by atoms with Gasteiger partial charge < -0.3 is 10.1 Å². The third-order valence-electron chi connectivity index (χ3n) is 2.80. The van der Waals surface area contributed by atoms with Gasteiger partial charge in [0.2, 0.25) is 0 Å². The molecular formula is C15H13ClFNO3S. The summed E-state index contributed by atoms with van der Waals surface area (Å²) in [4.78, 5) is 25.4. The van der Waals surface area contributed by atoms with Crippen LogP contribution in [0.3, 0.4) is 0 Å². The molecule has 22 heavy (non-hydrogen) atoms. The molecule has 0 fully saturated rings. The molecule has 0 saturated heterocycles. The van der Waals surface area contributed by atoms with Gasteiger partial charge in [-0.05, 0) is 38.1 Å². The zero-order valence-electron chi connectivity index (χ0n) is 11.9. The summed E-state index contributed by atoms with van der Waals surface area (Å²) in [5, 5.41) is 2.59. The van der Waals surface area contributed by atoms with Crippen molar-refractivity contribution in [2.24, 2.45) is 0 Å². The van der Waals surface area contributed by atoms with Crippen molar-refractivity contribution in [3.05, 3.63) is 50.4 Å². The molecule has 2 aromatic rings. The number of esters is 1. The molecule has 0 radical (unpaired) electrons. The van der Waals surface area contributed by atoms with Gasteiger partial charge in [-0.1, -0.05) is 11.6 Å². The minimum atomic E-state index is -0.640. The summed E-state index contributed by atoms with van der Waals surface area (Å²) in [6, 6.07) is 5.50. The lowest BCUT2D eigenvalue weighted by molar-refractivity contribution is -0.119. The maximum Gasteiger partial charge on any atom is 0.339 e. The molecule has 1 aromatic heterocycles. The Morgan fingerprint density at radius 2 is 2.05 bits per heavy atom. The van der Waals surface area contributed by atoms with Gasteiger partial charge >= 0.3 is 5.97 Å². The quantitative estimate of drug-likeness (QED) is 0.856. The van der Waals surface area contributed by atoms with E-state index in [0.29, 0.717) is 5.56 Å². The highest BCUT2D eigenvalue weighted by atomic mass is 35.5. The molecule has 0 spiro atoms. The van der Waals surface area contributed by atoms with Gasteiger partial charge in [0.1, 0.15) is 5.82 Å². The Labute approximate surface area is 135 Å². The maximum atomic E-state index is 13.5. The first-order valence-corrected chi connectivity index (χ1v) is 7.55. The van der Waals surface area contributed by atoms with E-state index in [2.05, 4.69) is 5.32 Å². The number of ether oxygens (including phenoxy) is 1. The van der Waals surface area contributed by atoms with E-state index in [1.807, 2.05) is 6.92 Å². The Kier molecular flexibility index (Phi) is 5.15. The van der Waals surface area contributed by atoms with Crippen molar-refractivity contribution >= 4 is 40.5 Å². The largest absolute Gasteiger partial charge is 0.452 e. The van der Waals surface area contributed by atoms with Crippen LogP contribution in [0.15, 0.2) is 24.3 Å². The first-order chi connectivity index (χ1) is 10.4. The highest BCUT2D eigenvalue weighted by Crippen LogP contribution is 2.22. The number of nitrogens with one attached hydrogen (secondary N) is 1. The molecule has 0 aliphatic heterocycles. The Bertz CT molecular complexity index is 730. The van der Waals surface area contributed by atoms with Gasteiger partial charge in [-0.3, -0.25) is 4.79 Å². The van der Waals surface area contributed by atoms with Gasteiger partial charge in [0.25, 0.3) is 5.91 Å². The summed E-state index contributed by atoms with van der Waals surface area (Å²) >= 11 is 7.20. The molecular weight excluding hydrogens is 329 g/mol. The molecule has 0 unspecified atom stereocenters. The van der Waals surface area contributed by atoms with E-state index in [0.717, 1.165) is 15.8 Å². The SMILES string of the molecule is Cc1cc(C(=O)OCC(=O)Nc2cc(Cl)ccc2F)c(C)s1. The van der Waals surface area contributed by atoms with Gasteiger partial charge in [-0.2, -0.15) is 0 Å². The molecule has 1 aromatic carbocycles. The fourth-order valence-electron chi connectivity index (χ4n) is 1.82. The summed E-state index contributed by atoms with van der Waals surface area (Å²) < 4.78 is 18.4. The Balaban J connectivity index is 1.94. The normalized spacial score (nSPS) is 10.4. The summed E-state index contributed by atoms with van der Waals surface area (Å²) in [6.45, 7) is 3.18. The molecule has 0 atom stereocenters. The van der Waals surface area contributed by atoms with Gasteiger partial charge in [-0.25, -0.2) is 9.18 Å². The second-order valence-corrected chi connectivity index (χ2v) is 6.47. The smallest absolute Gasteiger partial charge is 0.339 e. The zero-order chi connectivity index (χ0) is 16.3. The zero-order valence-corrected chi connectivity index (χ0v) is 13.5. The summed E-state index contributed by atoms with van der Waals surface area (Å²) in [6.07, 6.45) is 0. The molecule has 0 aliphatic rings. The van der Waals surface area contributed by atoms with Crippen LogP contribution in [0, 0.1) is 19.7 Å². The van der Waals surface area contributed by atoms with Crippen molar-refractivity contribution in [1.29, 1.82) is 0 Å². The first kappa shape index (κ1) is 16.5. The third kappa shape index (κ3) is 4.05. The molecule has 0 bridgehead atoms. The number of hydrogen-bond donors (Lipinski definition) is 1. The van der Waals surface area contributed by atoms with Crippen molar-refractivity contribution in [3.63, 3.8) is 0 Å². The maximum absolute atomic E-state index is 13.5. The van der Waals surface area contributed by atoms with Crippen molar-refractivity contribution < 1.29 is 18.7 Å². The summed E-state index contributed by atoms with van der Waals surface area (Å²) in [5.41, 5.74) is 0.375. The van der Waals surface area contributed by atoms with Gasteiger partial charge in [0, 0.05) is 14.8 Å². The lowest BCUT2D eigenvalue weighted by Crippen LogP contribution is -2.21. The fourth-order valence-corrected chi connectivity index (χ4v) is 2.91. The Hall–Kier alpha value is -1.92. The number of carbonyl (C=O) groups excluding carboxylic acids is 2. The minimum absolute atomic E-state index is 0.0592.